The van der Waals surface area contributed by atoms with Crippen molar-refractivity contribution in [3.63, 3.8) is 0 Å². The van der Waals surface area contributed by atoms with Crippen molar-refractivity contribution in [3.8, 4) is 17.2 Å². The van der Waals surface area contributed by atoms with E-state index in [4.69, 9.17) is 9.47 Å². The molecule has 0 heterocycles. The van der Waals surface area contributed by atoms with Gasteiger partial charge < -0.3 is 9.47 Å². The van der Waals surface area contributed by atoms with Crippen LogP contribution in [-0.4, -0.2) is 13.4 Å². The minimum absolute atomic E-state index is 0.593. The van der Waals surface area contributed by atoms with E-state index in [-0.39, 0.29) is 0 Å². The maximum atomic E-state index is 10.7. The maximum Gasteiger partial charge on any atom is 0.169 e. The number of aldehydes is 1. The number of carbonyl (C=O) groups is 1. The predicted molar refractivity (Wildman–Crippen MR) is 77.3 cm³/mol. The zero-order chi connectivity index (χ0) is 13.8. The van der Waals surface area contributed by atoms with Crippen LogP contribution in [0.15, 0.2) is 40.9 Å². The third kappa shape index (κ3) is 3.15. The molecule has 0 saturated carbocycles. The molecule has 0 aromatic heterocycles. The summed E-state index contributed by atoms with van der Waals surface area (Å²) in [7, 11) is 1.60. The van der Waals surface area contributed by atoms with Crippen LogP contribution in [0.4, 0.5) is 0 Å². The standard InChI is InChI=1S/C15H13BrO3/c1-10-3-5-14(15(7-10)18-2)19-13-6-4-11(9-17)8-12(13)16/h3-9H,1-2H3. The summed E-state index contributed by atoms with van der Waals surface area (Å²) in [5, 5.41) is 0. The molecule has 3 nitrogen and oxygen atoms in total. The van der Waals surface area contributed by atoms with Gasteiger partial charge in [-0.15, -0.1) is 0 Å². The van der Waals surface area contributed by atoms with Crippen molar-refractivity contribution in [2.45, 2.75) is 6.92 Å². The molecule has 19 heavy (non-hydrogen) atoms. The van der Waals surface area contributed by atoms with Crippen molar-refractivity contribution in [2.75, 3.05) is 7.11 Å². The Kier molecular flexibility index (Phi) is 4.22. The number of hydrogen-bond acceptors (Lipinski definition) is 3. The molecule has 2 aromatic carbocycles. The van der Waals surface area contributed by atoms with Crippen LogP contribution < -0.4 is 9.47 Å². The van der Waals surface area contributed by atoms with Crippen LogP contribution in [0.2, 0.25) is 0 Å². The van der Waals surface area contributed by atoms with Crippen LogP contribution in [0.5, 0.6) is 17.2 Å². The highest BCUT2D eigenvalue weighted by atomic mass is 79.9. The molecule has 0 radical (unpaired) electrons. The van der Waals surface area contributed by atoms with E-state index in [9.17, 15) is 4.79 Å². The second-order valence-electron chi connectivity index (χ2n) is 4.06. The highest BCUT2D eigenvalue weighted by Crippen LogP contribution is 2.35. The minimum atomic E-state index is 0.593. The van der Waals surface area contributed by atoms with Crippen LogP contribution in [0.3, 0.4) is 0 Å². The number of benzene rings is 2. The van der Waals surface area contributed by atoms with Gasteiger partial charge in [-0.3, -0.25) is 4.79 Å². The maximum absolute atomic E-state index is 10.7. The SMILES string of the molecule is COc1cc(C)ccc1Oc1ccc(C=O)cc1Br. The average molecular weight is 321 g/mol. The zero-order valence-electron chi connectivity index (χ0n) is 10.6. The zero-order valence-corrected chi connectivity index (χ0v) is 12.2. The largest absolute Gasteiger partial charge is 0.493 e. The molecule has 0 aliphatic heterocycles. The number of aryl methyl sites for hydroxylation is 1. The van der Waals surface area contributed by atoms with Gasteiger partial charge in [-0.25, -0.2) is 0 Å². The van der Waals surface area contributed by atoms with Crippen molar-refractivity contribution >= 4 is 22.2 Å². The normalized spacial score (nSPS) is 10.1. The Hall–Kier alpha value is -1.81. The van der Waals surface area contributed by atoms with Gasteiger partial charge in [0.1, 0.15) is 12.0 Å². The number of carbonyl (C=O) groups excluding carboxylic acids is 1. The molecule has 0 amide bonds. The number of rotatable bonds is 4. The summed E-state index contributed by atoms with van der Waals surface area (Å²) in [6, 6.07) is 10.9. The van der Waals surface area contributed by atoms with Gasteiger partial charge in [-0.05, 0) is 58.7 Å². The molecule has 2 aromatic rings. The monoisotopic (exact) mass is 320 g/mol. The molecule has 0 fully saturated rings. The number of methoxy groups -OCH3 is 1. The van der Waals surface area contributed by atoms with E-state index in [1.54, 1.807) is 25.3 Å². The topological polar surface area (TPSA) is 35.5 Å². The first-order valence-corrected chi connectivity index (χ1v) is 6.50. The Morgan fingerprint density at radius 2 is 1.79 bits per heavy atom. The van der Waals surface area contributed by atoms with Crippen molar-refractivity contribution in [2.24, 2.45) is 0 Å². The molecule has 4 heteroatoms. The van der Waals surface area contributed by atoms with Crippen LogP contribution in [0, 0.1) is 6.92 Å². The van der Waals surface area contributed by atoms with Crippen molar-refractivity contribution in [1.29, 1.82) is 0 Å². The molecule has 0 aliphatic carbocycles. The van der Waals surface area contributed by atoms with Gasteiger partial charge in [0.2, 0.25) is 0 Å². The fourth-order valence-corrected chi connectivity index (χ4v) is 2.13. The van der Waals surface area contributed by atoms with E-state index < -0.39 is 0 Å². The second kappa shape index (κ2) is 5.89. The fourth-order valence-electron chi connectivity index (χ4n) is 1.65. The summed E-state index contributed by atoms with van der Waals surface area (Å²) in [6.07, 6.45) is 0.793. The van der Waals surface area contributed by atoms with Crippen molar-refractivity contribution < 1.29 is 14.3 Å². The molecule has 98 valence electrons. The molecule has 0 spiro atoms. The van der Waals surface area contributed by atoms with E-state index in [1.807, 2.05) is 25.1 Å². The van der Waals surface area contributed by atoms with Crippen LogP contribution >= 0.6 is 15.9 Å². The van der Waals surface area contributed by atoms with Crippen LogP contribution in [0.25, 0.3) is 0 Å². The summed E-state index contributed by atoms with van der Waals surface area (Å²) in [5.41, 5.74) is 1.69. The van der Waals surface area contributed by atoms with Crippen LogP contribution in [-0.2, 0) is 0 Å². The van der Waals surface area contributed by atoms with E-state index in [2.05, 4.69) is 15.9 Å². The highest BCUT2D eigenvalue weighted by molar-refractivity contribution is 9.10. The lowest BCUT2D eigenvalue weighted by Gasteiger charge is -2.12. The van der Waals surface area contributed by atoms with E-state index in [1.165, 1.54) is 0 Å². The Balaban J connectivity index is 2.33. The first-order chi connectivity index (χ1) is 9.13. The molecule has 2 rings (SSSR count). The molecule has 0 atom stereocenters. The average Bonchev–Trinajstić information content (AvgIpc) is 2.42. The lowest BCUT2D eigenvalue weighted by Crippen LogP contribution is -1.92. The second-order valence-corrected chi connectivity index (χ2v) is 4.92. The van der Waals surface area contributed by atoms with Gasteiger partial charge in [-0.2, -0.15) is 0 Å². The lowest BCUT2D eigenvalue weighted by atomic mass is 10.2. The summed E-state index contributed by atoms with van der Waals surface area (Å²) >= 11 is 3.38. The number of ether oxygens (including phenoxy) is 2. The summed E-state index contributed by atoms with van der Waals surface area (Å²) in [5.74, 6) is 1.94. The Morgan fingerprint density at radius 1 is 1.05 bits per heavy atom. The van der Waals surface area contributed by atoms with E-state index in [0.717, 1.165) is 16.3 Å². The molecule has 0 bridgehead atoms. The molecule has 0 saturated heterocycles. The predicted octanol–water partition coefficient (Wildman–Crippen LogP) is 4.37. The van der Waals surface area contributed by atoms with E-state index in [0.29, 0.717) is 22.8 Å². The van der Waals surface area contributed by atoms with Gasteiger partial charge in [0.15, 0.2) is 11.5 Å². The lowest BCUT2D eigenvalue weighted by molar-refractivity contribution is 0.112. The minimum Gasteiger partial charge on any atom is -0.493 e. The Bertz CT molecular complexity index is 608. The van der Waals surface area contributed by atoms with Gasteiger partial charge in [0, 0.05) is 5.56 Å². The quantitative estimate of drug-likeness (QED) is 0.785. The summed E-state index contributed by atoms with van der Waals surface area (Å²) < 4.78 is 11.8. The van der Waals surface area contributed by atoms with Gasteiger partial charge in [-0.1, -0.05) is 6.07 Å². The molecular formula is C15H13BrO3. The fraction of sp³-hybridized carbons (Fsp3) is 0.133. The van der Waals surface area contributed by atoms with Crippen molar-refractivity contribution in [1.82, 2.24) is 0 Å². The molecule has 0 unspecified atom stereocenters. The third-order valence-corrected chi connectivity index (χ3v) is 3.25. The third-order valence-electron chi connectivity index (χ3n) is 2.63. The smallest absolute Gasteiger partial charge is 0.169 e. The molecular weight excluding hydrogens is 308 g/mol. The molecule has 0 N–H and O–H groups in total. The number of hydrogen-bond donors (Lipinski definition) is 0. The summed E-state index contributed by atoms with van der Waals surface area (Å²) in [4.78, 5) is 10.7. The van der Waals surface area contributed by atoms with E-state index >= 15 is 0 Å². The Morgan fingerprint density at radius 3 is 2.42 bits per heavy atom. The number of halogens is 1. The van der Waals surface area contributed by atoms with Crippen LogP contribution in [0.1, 0.15) is 15.9 Å². The Labute approximate surface area is 120 Å². The van der Waals surface area contributed by atoms with Gasteiger partial charge in [0.05, 0.1) is 11.6 Å². The first kappa shape index (κ1) is 13.6. The first-order valence-electron chi connectivity index (χ1n) is 5.71. The van der Waals surface area contributed by atoms with Gasteiger partial charge >= 0.3 is 0 Å². The van der Waals surface area contributed by atoms with Gasteiger partial charge in [0.25, 0.3) is 0 Å². The molecule has 0 aliphatic rings. The highest BCUT2D eigenvalue weighted by Gasteiger charge is 2.08. The van der Waals surface area contributed by atoms with Crippen molar-refractivity contribution in [3.05, 3.63) is 52.0 Å². The summed E-state index contributed by atoms with van der Waals surface area (Å²) in [6.45, 7) is 1.99.